The Bertz CT molecular complexity index is 1210. The Morgan fingerprint density at radius 2 is 0.680 bits per heavy atom. The molecule has 0 saturated carbocycles. The van der Waals surface area contributed by atoms with Gasteiger partial charge in [0.25, 0.3) is 0 Å². The lowest BCUT2D eigenvalue weighted by Crippen LogP contribution is -2.45. The molecule has 442 valence electrons. The molecule has 0 heterocycles. The smallest absolute Gasteiger partial charge is 0.305 e. The van der Waals surface area contributed by atoms with Crippen molar-refractivity contribution in [3.8, 4) is 0 Å². The molecule has 1 amide bonds. The number of rotatable bonds is 63. The SMILES string of the molecule is CCCC/C=C\C/C=C\CCCCCCCC(=O)OCCCCCCCCCCCCCCCCCCCCCCCCCCCCCCC(=O)NC(CO)C(O)/C=C/CCCCCCCCCCCCCCCC. The van der Waals surface area contributed by atoms with Crippen molar-refractivity contribution in [2.75, 3.05) is 13.2 Å². The third kappa shape index (κ3) is 61.2. The van der Waals surface area contributed by atoms with Gasteiger partial charge in [0.15, 0.2) is 0 Å². The van der Waals surface area contributed by atoms with E-state index in [4.69, 9.17) is 4.74 Å². The van der Waals surface area contributed by atoms with Crippen LogP contribution in [0.15, 0.2) is 36.5 Å². The number of nitrogens with one attached hydrogen (secondary N) is 1. The first-order chi connectivity index (χ1) is 37.0. The van der Waals surface area contributed by atoms with E-state index in [2.05, 4.69) is 43.5 Å². The first-order valence-corrected chi connectivity index (χ1v) is 33.8. The molecular weight excluding hydrogens is 923 g/mol. The zero-order valence-electron chi connectivity index (χ0n) is 50.5. The second-order valence-corrected chi connectivity index (χ2v) is 23.2. The first kappa shape index (κ1) is 73.1. The van der Waals surface area contributed by atoms with Crippen LogP contribution < -0.4 is 5.32 Å². The fourth-order valence-corrected chi connectivity index (χ4v) is 10.5. The Kier molecular flexibility index (Phi) is 63.0. The van der Waals surface area contributed by atoms with Crippen LogP contribution >= 0.6 is 0 Å². The van der Waals surface area contributed by atoms with Crippen LogP contribution in [0.5, 0.6) is 0 Å². The van der Waals surface area contributed by atoms with E-state index in [1.165, 1.54) is 289 Å². The van der Waals surface area contributed by atoms with Crippen LogP contribution in [0.4, 0.5) is 0 Å². The molecule has 6 nitrogen and oxygen atoms in total. The van der Waals surface area contributed by atoms with Crippen LogP contribution in [-0.2, 0) is 14.3 Å². The molecule has 3 N–H and O–H groups in total. The molecule has 0 aromatic carbocycles. The van der Waals surface area contributed by atoms with Gasteiger partial charge >= 0.3 is 5.97 Å². The Morgan fingerprint density at radius 3 is 1.05 bits per heavy atom. The highest BCUT2D eigenvalue weighted by Gasteiger charge is 2.18. The lowest BCUT2D eigenvalue weighted by molar-refractivity contribution is -0.143. The molecule has 0 saturated heterocycles. The molecule has 0 aromatic heterocycles. The second kappa shape index (κ2) is 64.6. The number of amides is 1. The first-order valence-electron chi connectivity index (χ1n) is 33.8. The highest BCUT2D eigenvalue weighted by atomic mass is 16.5. The number of ether oxygens (including phenoxy) is 1. The van der Waals surface area contributed by atoms with Gasteiger partial charge < -0.3 is 20.3 Å². The molecule has 0 rings (SSSR count). The molecule has 0 fully saturated rings. The van der Waals surface area contributed by atoms with Crippen LogP contribution in [0.3, 0.4) is 0 Å². The summed E-state index contributed by atoms with van der Waals surface area (Å²) in [5.41, 5.74) is 0. The zero-order chi connectivity index (χ0) is 54.3. The molecule has 0 aliphatic carbocycles. The summed E-state index contributed by atoms with van der Waals surface area (Å²) in [6.07, 6.45) is 82.1. The van der Waals surface area contributed by atoms with E-state index in [0.29, 0.717) is 19.4 Å². The van der Waals surface area contributed by atoms with Crippen molar-refractivity contribution in [1.82, 2.24) is 5.32 Å². The van der Waals surface area contributed by atoms with E-state index in [1.54, 1.807) is 6.08 Å². The summed E-state index contributed by atoms with van der Waals surface area (Å²) in [4.78, 5) is 24.5. The van der Waals surface area contributed by atoms with Gasteiger partial charge in [-0.05, 0) is 57.8 Å². The van der Waals surface area contributed by atoms with Crippen molar-refractivity contribution in [3.63, 3.8) is 0 Å². The minimum Gasteiger partial charge on any atom is -0.466 e. The van der Waals surface area contributed by atoms with Crippen LogP contribution in [0.25, 0.3) is 0 Å². The number of hydrogen-bond donors (Lipinski definition) is 3. The maximum absolute atomic E-state index is 12.5. The van der Waals surface area contributed by atoms with Gasteiger partial charge in [0.1, 0.15) is 0 Å². The highest BCUT2D eigenvalue weighted by Crippen LogP contribution is 2.18. The number of allylic oxidation sites excluding steroid dienone is 5. The summed E-state index contributed by atoms with van der Waals surface area (Å²) >= 11 is 0. The molecule has 0 aromatic rings. The van der Waals surface area contributed by atoms with Crippen LogP contribution in [0.2, 0.25) is 0 Å². The predicted octanol–water partition coefficient (Wildman–Crippen LogP) is 21.5. The molecule has 75 heavy (non-hydrogen) atoms. The van der Waals surface area contributed by atoms with Gasteiger partial charge in [-0.15, -0.1) is 0 Å². The van der Waals surface area contributed by atoms with Crippen molar-refractivity contribution in [2.24, 2.45) is 0 Å². The average Bonchev–Trinajstić information content (AvgIpc) is 3.41. The van der Waals surface area contributed by atoms with Gasteiger partial charge in [-0.25, -0.2) is 0 Å². The van der Waals surface area contributed by atoms with Crippen molar-refractivity contribution in [2.45, 2.75) is 379 Å². The van der Waals surface area contributed by atoms with E-state index in [9.17, 15) is 19.8 Å². The number of aliphatic hydroxyl groups is 2. The van der Waals surface area contributed by atoms with E-state index >= 15 is 0 Å². The van der Waals surface area contributed by atoms with Crippen molar-refractivity contribution in [1.29, 1.82) is 0 Å². The summed E-state index contributed by atoms with van der Waals surface area (Å²) in [6, 6.07) is -0.625. The van der Waals surface area contributed by atoms with E-state index in [1.807, 2.05) is 6.08 Å². The Balaban J connectivity index is 3.36. The van der Waals surface area contributed by atoms with E-state index < -0.39 is 12.1 Å². The molecule has 0 radical (unpaired) electrons. The van der Waals surface area contributed by atoms with Gasteiger partial charge in [0.05, 0.1) is 25.4 Å². The second-order valence-electron chi connectivity index (χ2n) is 23.2. The molecule has 2 atom stereocenters. The quantitative estimate of drug-likeness (QED) is 0.0320. The highest BCUT2D eigenvalue weighted by molar-refractivity contribution is 5.76. The zero-order valence-corrected chi connectivity index (χ0v) is 50.5. The Labute approximate surface area is 468 Å². The molecule has 0 spiro atoms. The summed E-state index contributed by atoms with van der Waals surface area (Å²) in [5, 5.41) is 23.2. The lowest BCUT2D eigenvalue weighted by Gasteiger charge is -2.20. The molecule has 0 aliphatic rings. The number of unbranched alkanes of at least 4 members (excludes halogenated alkanes) is 48. The number of carbonyl (C=O) groups excluding carboxylic acids is 2. The maximum atomic E-state index is 12.5. The largest absolute Gasteiger partial charge is 0.466 e. The van der Waals surface area contributed by atoms with Gasteiger partial charge in [-0.1, -0.05) is 333 Å². The van der Waals surface area contributed by atoms with E-state index in [0.717, 1.165) is 51.4 Å². The maximum Gasteiger partial charge on any atom is 0.305 e. The van der Waals surface area contributed by atoms with Gasteiger partial charge in [0.2, 0.25) is 5.91 Å². The lowest BCUT2D eigenvalue weighted by atomic mass is 10.0. The van der Waals surface area contributed by atoms with Gasteiger partial charge in [-0.2, -0.15) is 0 Å². The molecule has 0 bridgehead atoms. The van der Waals surface area contributed by atoms with Crippen LogP contribution in [0.1, 0.15) is 367 Å². The topological polar surface area (TPSA) is 95.9 Å². The third-order valence-corrected chi connectivity index (χ3v) is 15.7. The van der Waals surface area contributed by atoms with Crippen molar-refractivity contribution >= 4 is 11.9 Å². The average molecular weight is 1050 g/mol. The number of carbonyl (C=O) groups is 2. The summed E-state index contributed by atoms with van der Waals surface area (Å²) in [7, 11) is 0. The van der Waals surface area contributed by atoms with E-state index in [-0.39, 0.29) is 18.5 Å². The Hall–Kier alpha value is -1.92. The normalized spacial score (nSPS) is 12.7. The number of esters is 1. The summed E-state index contributed by atoms with van der Waals surface area (Å²) < 4.78 is 5.48. The minimum atomic E-state index is -0.842. The fourth-order valence-electron chi connectivity index (χ4n) is 10.5. The number of aliphatic hydroxyl groups excluding tert-OH is 2. The predicted molar refractivity (Wildman–Crippen MR) is 329 cm³/mol. The monoisotopic (exact) mass is 1050 g/mol. The van der Waals surface area contributed by atoms with Crippen molar-refractivity contribution in [3.05, 3.63) is 36.5 Å². The van der Waals surface area contributed by atoms with Crippen LogP contribution in [0, 0.1) is 0 Å². The number of hydrogen-bond acceptors (Lipinski definition) is 5. The van der Waals surface area contributed by atoms with Crippen molar-refractivity contribution < 1.29 is 24.5 Å². The Morgan fingerprint density at radius 1 is 0.373 bits per heavy atom. The molecule has 2 unspecified atom stereocenters. The van der Waals surface area contributed by atoms with Gasteiger partial charge in [0, 0.05) is 12.8 Å². The minimum absolute atomic E-state index is 0.00395. The molecule has 6 heteroatoms. The fraction of sp³-hybridized carbons (Fsp3) is 0.884. The standard InChI is InChI=1S/C69H131NO5/c1-3-5-7-9-11-13-15-17-19-34-37-41-45-49-53-57-61-67(72)66(65-71)70-68(73)62-58-54-50-46-42-38-35-32-30-28-26-24-22-20-21-23-25-27-29-31-33-36-40-44-48-52-56-60-64-75-69(74)63-59-55-51-47-43-39-18-16-14-12-10-8-6-4-2/h10,12,16,18,57,61,66-67,71-72H,3-9,11,13-15,17,19-56,58-60,62-65H2,1-2H3,(H,70,73)/b12-10-,18-16-,61-57+. The summed E-state index contributed by atoms with van der Waals surface area (Å²) in [6.45, 7) is 4.88. The van der Waals surface area contributed by atoms with Gasteiger partial charge in [-0.3, -0.25) is 9.59 Å². The summed E-state index contributed by atoms with van der Waals surface area (Å²) in [5.74, 6) is -0.0588. The third-order valence-electron chi connectivity index (χ3n) is 15.7. The van der Waals surface area contributed by atoms with Crippen LogP contribution in [-0.4, -0.2) is 47.4 Å². The molecular formula is C69H131NO5. The molecule has 0 aliphatic heterocycles.